The van der Waals surface area contributed by atoms with Gasteiger partial charge in [0.15, 0.2) is 0 Å². The van der Waals surface area contributed by atoms with Crippen LogP contribution in [0.4, 0.5) is 0 Å². The molecule has 3 unspecified atom stereocenters. The first-order valence-electron chi connectivity index (χ1n) is 14.6. The second kappa shape index (κ2) is 16.9. The minimum atomic E-state index is -0.497. The molecule has 0 aliphatic rings. The molecule has 0 spiro atoms. The quantitative estimate of drug-likeness (QED) is 0.118. The van der Waals surface area contributed by atoms with E-state index in [9.17, 15) is 9.59 Å². The molecule has 38 heavy (non-hydrogen) atoms. The maximum atomic E-state index is 13.3. The predicted molar refractivity (Wildman–Crippen MR) is 156 cm³/mol. The molecule has 4 heteroatoms. The van der Waals surface area contributed by atoms with Crippen molar-refractivity contribution in [3.8, 4) is 0 Å². The molecule has 0 N–H and O–H groups in total. The van der Waals surface area contributed by atoms with Gasteiger partial charge < -0.3 is 9.47 Å². The van der Waals surface area contributed by atoms with Gasteiger partial charge >= 0.3 is 11.9 Å². The van der Waals surface area contributed by atoms with Crippen LogP contribution >= 0.6 is 0 Å². The van der Waals surface area contributed by atoms with Gasteiger partial charge in [-0.1, -0.05) is 102 Å². The number of rotatable bonds is 17. The van der Waals surface area contributed by atoms with Crippen LogP contribution in [0.3, 0.4) is 0 Å². The summed E-state index contributed by atoms with van der Waals surface area (Å²) in [5.74, 6) is -0.449. The number of unbranched alkanes of at least 4 members (excludes halogenated alkanes) is 3. The van der Waals surface area contributed by atoms with Gasteiger partial charge in [-0.2, -0.15) is 0 Å². The van der Waals surface area contributed by atoms with Crippen molar-refractivity contribution < 1.29 is 19.1 Å². The van der Waals surface area contributed by atoms with Gasteiger partial charge in [0.1, 0.15) is 12.2 Å². The third-order valence-corrected chi connectivity index (χ3v) is 7.46. The average molecular weight is 521 g/mol. The summed E-state index contributed by atoms with van der Waals surface area (Å²) in [6.07, 6.45) is 12.4. The summed E-state index contributed by atoms with van der Waals surface area (Å²) in [6, 6.07) is 18.3. The number of esters is 2. The molecule has 2 aromatic rings. The fourth-order valence-corrected chi connectivity index (χ4v) is 5.39. The van der Waals surface area contributed by atoms with Crippen molar-refractivity contribution in [2.75, 3.05) is 0 Å². The topological polar surface area (TPSA) is 52.6 Å². The SMILES string of the molecule is CCCCCC=CC(C)CC(OC(=O)c1ccccc1)C(CCC)(CCC)C(C)OC(=O)c1ccccc1. The third kappa shape index (κ3) is 9.45. The zero-order valence-corrected chi connectivity index (χ0v) is 24.2. The smallest absolute Gasteiger partial charge is 0.338 e. The average Bonchev–Trinajstić information content (AvgIpc) is 2.93. The van der Waals surface area contributed by atoms with Crippen molar-refractivity contribution in [3.63, 3.8) is 0 Å². The lowest BCUT2D eigenvalue weighted by Gasteiger charge is -2.44. The van der Waals surface area contributed by atoms with Crippen molar-refractivity contribution in [3.05, 3.63) is 83.9 Å². The zero-order chi connectivity index (χ0) is 27.8. The Morgan fingerprint density at radius 1 is 0.763 bits per heavy atom. The van der Waals surface area contributed by atoms with Crippen molar-refractivity contribution in [2.24, 2.45) is 11.3 Å². The highest BCUT2D eigenvalue weighted by Gasteiger charge is 2.47. The van der Waals surface area contributed by atoms with Crippen LogP contribution < -0.4 is 0 Å². The second-order valence-corrected chi connectivity index (χ2v) is 10.5. The Bertz CT molecular complexity index is 960. The Labute approximate surface area is 230 Å². The van der Waals surface area contributed by atoms with Crippen LogP contribution in [0.1, 0.15) is 113 Å². The van der Waals surface area contributed by atoms with E-state index in [1.165, 1.54) is 19.3 Å². The van der Waals surface area contributed by atoms with Crippen LogP contribution in [0.15, 0.2) is 72.8 Å². The second-order valence-electron chi connectivity index (χ2n) is 10.5. The summed E-state index contributed by atoms with van der Waals surface area (Å²) in [7, 11) is 0. The lowest BCUT2D eigenvalue weighted by atomic mass is 9.68. The molecule has 2 rings (SSSR count). The van der Waals surface area contributed by atoms with Gasteiger partial charge in [0.05, 0.1) is 11.1 Å². The highest BCUT2D eigenvalue weighted by molar-refractivity contribution is 5.90. The number of carbonyl (C=O) groups excluding carboxylic acids is 2. The number of ether oxygens (including phenoxy) is 2. The highest BCUT2D eigenvalue weighted by Crippen LogP contribution is 2.44. The molecule has 0 heterocycles. The monoisotopic (exact) mass is 520 g/mol. The standard InChI is InChI=1S/C34H48O4/c1-6-9-10-11-14-19-27(4)26-31(38-33(36)30-22-17-13-18-23-30)34(24-7-2,25-8-3)28(5)37-32(35)29-20-15-12-16-21-29/h12-23,27-28,31H,6-11,24-26H2,1-5H3. The fraction of sp³-hybridized carbons (Fsp3) is 0.529. The molecule has 0 saturated carbocycles. The van der Waals surface area contributed by atoms with Crippen LogP contribution in [-0.2, 0) is 9.47 Å². The first-order chi connectivity index (χ1) is 18.4. The Balaban J connectivity index is 2.39. The van der Waals surface area contributed by atoms with E-state index >= 15 is 0 Å². The van der Waals surface area contributed by atoms with E-state index in [0.29, 0.717) is 17.5 Å². The van der Waals surface area contributed by atoms with Gasteiger partial charge in [-0.25, -0.2) is 9.59 Å². The molecule has 0 saturated heterocycles. The van der Waals surface area contributed by atoms with Crippen molar-refractivity contribution >= 4 is 11.9 Å². The molecule has 0 radical (unpaired) electrons. The van der Waals surface area contributed by atoms with E-state index in [1.807, 2.05) is 43.3 Å². The molecule has 0 aliphatic carbocycles. The van der Waals surface area contributed by atoms with Gasteiger partial charge in [-0.15, -0.1) is 0 Å². The lowest BCUT2D eigenvalue weighted by Crippen LogP contribution is -2.48. The fourth-order valence-electron chi connectivity index (χ4n) is 5.39. The first-order valence-corrected chi connectivity index (χ1v) is 14.6. The first kappa shape index (κ1) is 31.3. The summed E-state index contributed by atoms with van der Waals surface area (Å²) in [5.41, 5.74) is 0.571. The van der Waals surface area contributed by atoms with Crippen LogP contribution in [0.5, 0.6) is 0 Å². The van der Waals surface area contributed by atoms with Crippen molar-refractivity contribution in [1.82, 2.24) is 0 Å². The van der Waals surface area contributed by atoms with Crippen LogP contribution in [0.25, 0.3) is 0 Å². The summed E-state index contributed by atoms with van der Waals surface area (Å²) in [4.78, 5) is 26.4. The maximum absolute atomic E-state index is 13.3. The Morgan fingerprint density at radius 3 is 1.79 bits per heavy atom. The van der Waals surface area contributed by atoms with Crippen molar-refractivity contribution in [1.29, 1.82) is 0 Å². The number of carbonyl (C=O) groups is 2. The molecule has 0 amide bonds. The van der Waals surface area contributed by atoms with E-state index in [2.05, 4.69) is 39.8 Å². The van der Waals surface area contributed by atoms with Gasteiger partial charge in [0.2, 0.25) is 0 Å². The summed E-state index contributed by atoms with van der Waals surface area (Å²) < 4.78 is 12.5. The van der Waals surface area contributed by atoms with Gasteiger partial charge in [0, 0.05) is 5.41 Å². The molecule has 0 aliphatic heterocycles. The molecule has 0 bridgehead atoms. The molecular weight excluding hydrogens is 472 g/mol. The maximum Gasteiger partial charge on any atom is 0.338 e. The normalized spacial score (nSPS) is 14.1. The summed E-state index contributed by atoms with van der Waals surface area (Å²) in [6.45, 7) is 10.7. The molecule has 208 valence electrons. The minimum Gasteiger partial charge on any atom is -0.458 e. The summed E-state index contributed by atoms with van der Waals surface area (Å²) >= 11 is 0. The molecular formula is C34H48O4. The number of allylic oxidation sites excluding steroid dienone is 2. The Morgan fingerprint density at radius 2 is 1.29 bits per heavy atom. The molecule has 3 atom stereocenters. The Hall–Kier alpha value is -2.88. The molecule has 0 fully saturated rings. The molecule has 0 aromatic heterocycles. The van der Waals surface area contributed by atoms with E-state index < -0.39 is 17.6 Å². The summed E-state index contributed by atoms with van der Waals surface area (Å²) in [5, 5.41) is 0. The van der Waals surface area contributed by atoms with Crippen molar-refractivity contribution in [2.45, 2.75) is 105 Å². The van der Waals surface area contributed by atoms with E-state index in [0.717, 1.165) is 32.1 Å². The van der Waals surface area contributed by atoms with Crippen LogP contribution in [-0.4, -0.2) is 24.1 Å². The molecule has 4 nitrogen and oxygen atoms in total. The van der Waals surface area contributed by atoms with Crippen LogP contribution in [0.2, 0.25) is 0 Å². The number of benzene rings is 2. The van der Waals surface area contributed by atoms with Crippen LogP contribution in [0, 0.1) is 11.3 Å². The van der Waals surface area contributed by atoms with Gasteiger partial charge in [-0.3, -0.25) is 0 Å². The largest absolute Gasteiger partial charge is 0.458 e. The number of hydrogen-bond donors (Lipinski definition) is 0. The van der Waals surface area contributed by atoms with E-state index in [1.54, 1.807) is 24.3 Å². The Kier molecular flexibility index (Phi) is 13.9. The predicted octanol–water partition coefficient (Wildman–Crippen LogP) is 9.21. The highest BCUT2D eigenvalue weighted by atomic mass is 16.6. The minimum absolute atomic E-state index is 0.218. The van der Waals surface area contributed by atoms with Gasteiger partial charge in [-0.05, 0) is 69.2 Å². The number of hydrogen-bond acceptors (Lipinski definition) is 4. The zero-order valence-electron chi connectivity index (χ0n) is 24.2. The van der Waals surface area contributed by atoms with E-state index in [-0.39, 0.29) is 17.9 Å². The van der Waals surface area contributed by atoms with Gasteiger partial charge in [0.25, 0.3) is 0 Å². The lowest BCUT2D eigenvalue weighted by molar-refractivity contribution is -0.0969. The molecule has 2 aromatic carbocycles. The third-order valence-electron chi connectivity index (χ3n) is 7.46. The van der Waals surface area contributed by atoms with E-state index in [4.69, 9.17) is 9.47 Å².